The highest BCUT2D eigenvalue weighted by Gasteiger charge is 2.35. The third kappa shape index (κ3) is 3.46. The third-order valence-electron chi connectivity index (χ3n) is 3.54. The number of hydrogen-bond acceptors (Lipinski definition) is 3. The van der Waals surface area contributed by atoms with Crippen LogP contribution in [0.4, 0.5) is 13.2 Å². The Morgan fingerprint density at radius 2 is 1.88 bits per heavy atom. The second-order valence-electron chi connectivity index (χ2n) is 5.29. The predicted molar refractivity (Wildman–Crippen MR) is 81.0 cm³/mol. The minimum atomic E-state index is -4.52. The first-order chi connectivity index (χ1) is 11.3. The number of benzene rings is 1. The van der Waals surface area contributed by atoms with Crippen LogP contribution >= 0.6 is 11.6 Å². The summed E-state index contributed by atoms with van der Waals surface area (Å²) in [5, 5.41) is 0.353. The average Bonchev–Trinajstić information content (AvgIpc) is 2.50. The van der Waals surface area contributed by atoms with Gasteiger partial charge in [-0.3, -0.25) is 4.79 Å². The molecular weight excluding hydrogens is 345 g/mol. The van der Waals surface area contributed by atoms with Gasteiger partial charge in [0.15, 0.2) is 0 Å². The summed E-state index contributed by atoms with van der Waals surface area (Å²) in [6, 6.07) is 10.1. The number of pyridine rings is 1. The molecule has 0 radical (unpaired) electrons. The molecule has 2 aromatic rings. The van der Waals surface area contributed by atoms with Crippen molar-refractivity contribution in [1.82, 2.24) is 9.88 Å². The van der Waals surface area contributed by atoms with Gasteiger partial charge in [0.1, 0.15) is 11.8 Å². The van der Waals surface area contributed by atoms with E-state index in [0.717, 1.165) is 6.07 Å². The van der Waals surface area contributed by atoms with Crippen LogP contribution in [0.25, 0.3) is 0 Å². The Morgan fingerprint density at radius 3 is 2.54 bits per heavy atom. The van der Waals surface area contributed by atoms with E-state index in [1.54, 1.807) is 24.3 Å². The van der Waals surface area contributed by atoms with Gasteiger partial charge in [-0.25, -0.2) is 4.98 Å². The molecule has 3 rings (SSSR count). The average molecular weight is 357 g/mol. The fraction of sp³-hybridized carbons (Fsp3) is 0.250. The lowest BCUT2D eigenvalue weighted by Crippen LogP contribution is -2.56. The van der Waals surface area contributed by atoms with Crippen molar-refractivity contribution in [3.8, 4) is 5.88 Å². The molecule has 0 unspecified atom stereocenters. The monoisotopic (exact) mass is 356 g/mol. The van der Waals surface area contributed by atoms with Crippen LogP contribution in [0.3, 0.4) is 0 Å². The van der Waals surface area contributed by atoms with E-state index < -0.39 is 18.0 Å². The Bertz CT molecular complexity index is 761. The van der Waals surface area contributed by atoms with Crippen LogP contribution in [0.1, 0.15) is 16.1 Å². The van der Waals surface area contributed by atoms with E-state index in [9.17, 15) is 18.0 Å². The number of likely N-dealkylation sites (tertiary alicyclic amines) is 1. The SMILES string of the molecule is O=C(c1ccccc1Cl)N1CC(Oc2cccc(C(F)(F)F)n2)C1. The number of aromatic nitrogens is 1. The minimum absolute atomic E-state index is 0.111. The Balaban J connectivity index is 1.60. The number of carbonyl (C=O) groups excluding carboxylic acids is 1. The summed E-state index contributed by atoms with van der Waals surface area (Å²) in [7, 11) is 0. The van der Waals surface area contributed by atoms with E-state index in [1.807, 2.05) is 0 Å². The quantitative estimate of drug-likeness (QED) is 0.843. The number of nitrogens with zero attached hydrogens (tertiary/aromatic N) is 2. The number of hydrogen-bond donors (Lipinski definition) is 0. The van der Waals surface area contributed by atoms with Crippen molar-refractivity contribution < 1.29 is 22.7 Å². The fourth-order valence-corrected chi connectivity index (χ4v) is 2.51. The molecule has 1 fully saturated rings. The molecule has 1 aliphatic rings. The zero-order valence-corrected chi connectivity index (χ0v) is 13.0. The molecule has 1 saturated heterocycles. The first-order valence-electron chi connectivity index (χ1n) is 7.09. The van der Waals surface area contributed by atoms with E-state index in [1.165, 1.54) is 17.0 Å². The number of carbonyl (C=O) groups is 1. The first kappa shape index (κ1) is 16.6. The van der Waals surface area contributed by atoms with E-state index in [-0.39, 0.29) is 24.9 Å². The number of alkyl halides is 3. The van der Waals surface area contributed by atoms with E-state index >= 15 is 0 Å². The van der Waals surface area contributed by atoms with Crippen LogP contribution in [0, 0.1) is 0 Å². The summed E-state index contributed by atoms with van der Waals surface area (Å²) in [6.07, 6.45) is -4.92. The van der Waals surface area contributed by atoms with Crippen molar-refractivity contribution >= 4 is 17.5 Å². The molecule has 1 amide bonds. The summed E-state index contributed by atoms with van der Waals surface area (Å²) >= 11 is 5.98. The van der Waals surface area contributed by atoms with Gasteiger partial charge in [-0.1, -0.05) is 29.8 Å². The van der Waals surface area contributed by atoms with Crippen LogP contribution < -0.4 is 4.74 Å². The zero-order valence-electron chi connectivity index (χ0n) is 12.3. The van der Waals surface area contributed by atoms with E-state index in [0.29, 0.717) is 10.6 Å². The Morgan fingerprint density at radius 1 is 1.17 bits per heavy atom. The smallest absolute Gasteiger partial charge is 0.433 e. The summed E-state index contributed by atoms with van der Waals surface area (Å²) in [4.78, 5) is 17.2. The molecule has 4 nitrogen and oxygen atoms in total. The summed E-state index contributed by atoms with van der Waals surface area (Å²) < 4.78 is 43.2. The third-order valence-corrected chi connectivity index (χ3v) is 3.87. The maximum atomic E-state index is 12.6. The van der Waals surface area contributed by atoms with Crippen LogP contribution in [0.5, 0.6) is 5.88 Å². The summed E-state index contributed by atoms with van der Waals surface area (Å²) in [6.45, 7) is 0.532. The zero-order chi connectivity index (χ0) is 17.3. The lowest BCUT2D eigenvalue weighted by atomic mass is 10.1. The molecule has 0 bridgehead atoms. The van der Waals surface area contributed by atoms with E-state index in [2.05, 4.69) is 4.98 Å². The lowest BCUT2D eigenvalue weighted by molar-refractivity contribution is -0.141. The Kier molecular flexibility index (Phi) is 4.36. The number of rotatable bonds is 3. The molecule has 0 spiro atoms. The van der Waals surface area contributed by atoms with Crippen LogP contribution in [-0.4, -0.2) is 35.0 Å². The van der Waals surface area contributed by atoms with Gasteiger partial charge in [0.25, 0.3) is 5.91 Å². The first-order valence-corrected chi connectivity index (χ1v) is 7.47. The molecule has 0 saturated carbocycles. The van der Waals surface area contributed by atoms with Crippen molar-refractivity contribution in [3.05, 3.63) is 58.7 Å². The van der Waals surface area contributed by atoms with Gasteiger partial charge in [0.05, 0.1) is 23.7 Å². The molecule has 1 aromatic carbocycles. The molecule has 0 atom stereocenters. The number of halogens is 4. The van der Waals surface area contributed by atoms with Crippen molar-refractivity contribution in [2.45, 2.75) is 12.3 Å². The molecule has 24 heavy (non-hydrogen) atoms. The normalized spacial score (nSPS) is 15.1. The maximum Gasteiger partial charge on any atom is 0.433 e. The standard InChI is InChI=1S/C16H12ClF3N2O2/c17-12-5-2-1-4-11(12)15(23)22-8-10(9-22)24-14-7-3-6-13(21-14)16(18,19)20/h1-7,10H,8-9H2. The number of ether oxygens (including phenoxy) is 1. The molecular formula is C16H12ClF3N2O2. The van der Waals surface area contributed by atoms with Crippen molar-refractivity contribution in [3.63, 3.8) is 0 Å². The highest BCUT2D eigenvalue weighted by atomic mass is 35.5. The predicted octanol–water partition coefficient (Wildman–Crippen LogP) is 3.66. The second kappa shape index (κ2) is 6.32. The number of amides is 1. The van der Waals surface area contributed by atoms with Gasteiger partial charge >= 0.3 is 6.18 Å². The molecule has 2 heterocycles. The van der Waals surface area contributed by atoms with Gasteiger partial charge in [-0.05, 0) is 18.2 Å². The molecule has 126 valence electrons. The second-order valence-corrected chi connectivity index (χ2v) is 5.70. The minimum Gasteiger partial charge on any atom is -0.471 e. The lowest BCUT2D eigenvalue weighted by Gasteiger charge is -2.38. The van der Waals surface area contributed by atoms with E-state index in [4.69, 9.17) is 16.3 Å². The Hall–Kier alpha value is -2.28. The largest absolute Gasteiger partial charge is 0.471 e. The molecule has 8 heteroatoms. The van der Waals surface area contributed by atoms with Gasteiger partial charge < -0.3 is 9.64 Å². The van der Waals surface area contributed by atoms with Crippen LogP contribution in [0.15, 0.2) is 42.5 Å². The van der Waals surface area contributed by atoms with Crippen molar-refractivity contribution in [1.29, 1.82) is 0 Å². The van der Waals surface area contributed by atoms with Gasteiger partial charge in [-0.2, -0.15) is 13.2 Å². The molecule has 1 aliphatic heterocycles. The Labute approximate surface area is 140 Å². The summed E-state index contributed by atoms with van der Waals surface area (Å²) in [5.41, 5.74) is -0.627. The van der Waals surface area contributed by atoms with Crippen molar-refractivity contribution in [2.75, 3.05) is 13.1 Å². The van der Waals surface area contributed by atoms with Crippen molar-refractivity contribution in [2.24, 2.45) is 0 Å². The van der Waals surface area contributed by atoms with Gasteiger partial charge in [-0.15, -0.1) is 0 Å². The molecule has 1 aromatic heterocycles. The highest BCUT2D eigenvalue weighted by molar-refractivity contribution is 6.33. The highest BCUT2D eigenvalue weighted by Crippen LogP contribution is 2.29. The molecule has 0 N–H and O–H groups in total. The van der Waals surface area contributed by atoms with Gasteiger partial charge in [0, 0.05) is 6.07 Å². The topological polar surface area (TPSA) is 42.4 Å². The fourth-order valence-electron chi connectivity index (χ4n) is 2.29. The maximum absolute atomic E-state index is 12.6. The summed E-state index contributed by atoms with van der Waals surface area (Å²) in [5.74, 6) is -0.350. The van der Waals surface area contributed by atoms with Gasteiger partial charge in [0.2, 0.25) is 5.88 Å². The molecule has 0 aliphatic carbocycles. The van der Waals surface area contributed by atoms with Crippen LogP contribution in [-0.2, 0) is 6.18 Å². The van der Waals surface area contributed by atoms with Crippen LogP contribution in [0.2, 0.25) is 5.02 Å².